The van der Waals surface area contributed by atoms with Crippen LogP contribution in [0.25, 0.3) is 0 Å². The number of nitrogens with zero attached hydrogens (tertiary/aromatic N) is 2. The van der Waals surface area contributed by atoms with E-state index in [0.717, 1.165) is 37.0 Å². The number of carbonyl (C=O) groups excluding carboxylic acids is 2. The summed E-state index contributed by atoms with van der Waals surface area (Å²) < 4.78 is 5.55. The second-order valence-corrected chi connectivity index (χ2v) is 6.83. The molecule has 2 aliphatic rings. The number of benzene rings is 1. The van der Waals surface area contributed by atoms with Crippen molar-refractivity contribution in [3.8, 4) is 5.75 Å². The molecule has 6 nitrogen and oxygen atoms in total. The second-order valence-electron chi connectivity index (χ2n) is 6.83. The van der Waals surface area contributed by atoms with Gasteiger partial charge in [-0.1, -0.05) is 31.0 Å². The van der Waals surface area contributed by atoms with Crippen molar-refractivity contribution in [1.29, 1.82) is 0 Å². The van der Waals surface area contributed by atoms with Crippen molar-refractivity contribution < 1.29 is 14.3 Å². The Balaban J connectivity index is 1.76. The number of rotatable bonds is 5. The molecule has 0 radical (unpaired) electrons. The molecule has 25 heavy (non-hydrogen) atoms. The molecule has 3 rings (SSSR count). The van der Waals surface area contributed by atoms with Gasteiger partial charge >= 0.3 is 0 Å². The van der Waals surface area contributed by atoms with Crippen molar-refractivity contribution in [2.45, 2.75) is 43.9 Å². The molecule has 1 aliphatic heterocycles. The fourth-order valence-corrected chi connectivity index (χ4v) is 3.86. The van der Waals surface area contributed by atoms with Gasteiger partial charge in [0.25, 0.3) is 5.91 Å². The molecule has 1 heterocycles. The van der Waals surface area contributed by atoms with Gasteiger partial charge in [-0.15, -0.1) is 0 Å². The number of carbonyl (C=O) groups is 2. The molecule has 0 saturated heterocycles. The molecule has 1 N–H and O–H groups in total. The van der Waals surface area contributed by atoms with Crippen LogP contribution in [-0.4, -0.2) is 43.2 Å². The minimum absolute atomic E-state index is 0.0576. The van der Waals surface area contributed by atoms with Crippen molar-refractivity contribution in [3.63, 3.8) is 0 Å². The average Bonchev–Trinajstić information content (AvgIpc) is 3.12. The molecule has 1 aromatic carbocycles. The number of nitrogens with one attached hydrogen (secondary N) is 1. The van der Waals surface area contributed by atoms with Gasteiger partial charge in [0.05, 0.1) is 7.11 Å². The fraction of sp³-hybridized carbons (Fsp3) is 0.526. The minimum Gasteiger partial charge on any atom is -0.496 e. The molecule has 1 aliphatic carbocycles. The van der Waals surface area contributed by atoms with Crippen LogP contribution in [0, 0.1) is 0 Å². The third kappa shape index (κ3) is 3.52. The highest BCUT2D eigenvalue weighted by Gasteiger charge is 2.38. The first kappa shape index (κ1) is 17.5. The predicted molar refractivity (Wildman–Crippen MR) is 95.6 cm³/mol. The minimum atomic E-state index is -0.180. The number of hydrogen-bond donors (Lipinski definition) is 1. The van der Waals surface area contributed by atoms with Gasteiger partial charge in [-0.05, 0) is 18.9 Å². The molecule has 134 valence electrons. The van der Waals surface area contributed by atoms with E-state index in [9.17, 15) is 9.59 Å². The van der Waals surface area contributed by atoms with Crippen LogP contribution in [0.3, 0.4) is 0 Å². The molecule has 6 heteroatoms. The maximum atomic E-state index is 12.5. The van der Waals surface area contributed by atoms with Crippen molar-refractivity contribution in [3.05, 3.63) is 29.8 Å². The van der Waals surface area contributed by atoms with E-state index < -0.39 is 0 Å². The molecule has 0 bridgehead atoms. The van der Waals surface area contributed by atoms with E-state index in [1.807, 2.05) is 18.2 Å². The standard InChI is InChI=1S/C19H25N3O3/c1-22-17(23)10-9-15(21-22)18(24)20-13-19(11-5-6-12-19)14-7-3-4-8-16(14)25-2/h3-4,7-8H,5-6,9-13H2,1-2H3,(H,20,24). The Morgan fingerprint density at radius 2 is 2.00 bits per heavy atom. The largest absolute Gasteiger partial charge is 0.496 e. The van der Waals surface area contributed by atoms with Crippen LogP contribution >= 0.6 is 0 Å². The lowest BCUT2D eigenvalue weighted by Crippen LogP contribution is -2.43. The zero-order chi connectivity index (χ0) is 17.9. The molecule has 2 amide bonds. The molecule has 1 saturated carbocycles. The molecule has 1 aromatic rings. The van der Waals surface area contributed by atoms with Gasteiger partial charge in [-0.2, -0.15) is 5.10 Å². The summed E-state index contributed by atoms with van der Waals surface area (Å²) >= 11 is 0. The summed E-state index contributed by atoms with van der Waals surface area (Å²) in [6.45, 7) is 0.558. The predicted octanol–water partition coefficient (Wildman–Crippen LogP) is 2.23. The highest BCUT2D eigenvalue weighted by molar-refractivity contribution is 6.39. The number of methoxy groups -OCH3 is 1. The zero-order valence-corrected chi connectivity index (χ0v) is 14.9. The lowest BCUT2D eigenvalue weighted by molar-refractivity contribution is -0.130. The number of para-hydroxylation sites is 1. The van der Waals surface area contributed by atoms with Crippen molar-refractivity contribution in [2.75, 3.05) is 20.7 Å². The van der Waals surface area contributed by atoms with Gasteiger partial charge in [0.1, 0.15) is 11.5 Å². The molecular formula is C19H25N3O3. The third-order valence-electron chi connectivity index (χ3n) is 5.30. The Morgan fingerprint density at radius 1 is 1.28 bits per heavy atom. The Bertz CT molecular complexity index is 693. The quantitative estimate of drug-likeness (QED) is 0.891. The van der Waals surface area contributed by atoms with Gasteiger partial charge in [0, 0.05) is 37.4 Å². The van der Waals surface area contributed by atoms with Crippen molar-refractivity contribution in [1.82, 2.24) is 10.3 Å². The van der Waals surface area contributed by atoms with Crippen LogP contribution in [0.2, 0.25) is 0 Å². The van der Waals surface area contributed by atoms with E-state index in [-0.39, 0.29) is 17.2 Å². The van der Waals surface area contributed by atoms with Gasteiger partial charge in [0.2, 0.25) is 5.91 Å². The van der Waals surface area contributed by atoms with E-state index in [1.54, 1.807) is 14.2 Å². The van der Waals surface area contributed by atoms with E-state index in [0.29, 0.717) is 25.1 Å². The molecule has 1 fully saturated rings. The molecule has 0 atom stereocenters. The number of hydrazone groups is 1. The van der Waals surface area contributed by atoms with E-state index in [1.165, 1.54) is 5.01 Å². The summed E-state index contributed by atoms with van der Waals surface area (Å²) in [6.07, 6.45) is 5.08. The summed E-state index contributed by atoms with van der Waals surface area (Å²) in [4.78, 5) is 24.0. The molecule has 0 spiro atoms. The van der Waals surface area contributed by atoms with Crippen LogP contribution < -0.4 is 10.1 Å². The first-order valence-electron chi connectivity index (χ1n) is 8.81. The van der Waals surface area contributed by atoms with Gasteiger partial charge < -0.3 is 10.1 Å². The summed E-state index contributed by atoms with van der Waals surface area (Å²) in [6, 6.07) is 8.06. The normalized spacial score (nSPS) is 19.5. The smallest absolute Gasteiger partial charge is 0.267 e. The second kappa shape index (κ2) is 7.25. The van der Waals surface area contributed by atoms with Crippen LogP contribution in [0.4, 0.5) is 0 Å². The van der Waals surface area contributed by atoms with Gasteiger partial charge in [0.15, 0.2) is 0 Å². The lowest BCUT2D eigenvalue weighted by Gasteiger charge is -2.31. The SMILES string of the molecule is COc1ccccc1C1(CNC(=O)C2=NN(C)C(=O)CC2)CCCC1. The fourth-order valence-electron chi connectivity index (χ4n) is 3.86. The molecular weight excluding hydrogens is 318 g/mol. The Morgan fingerprint density at radius 3 is 2.68 bits per heavy atom. The van der Waals surface area contributed by atoms with Gasteiger partial charge in [-0.3, -0.25) is 9.59 Å². The molecule has 0 unspecified atom stereocenters. The zero-order valence-electron chi connectivity index (χ0n) is 14.9. The first-order valence-corrected chi connectivity index (χ1v) is 8.81. The monoisotopic (exact) mass is 343 g/mol. The topological polar surface area (TPSA) is 71.0 Å². The van der Waals surface area contributed by atoms with Gasteiger partial charge in [-0.25, -0.2) is 5.01 Å². The third-order valence-corrected chi connectivity index (χ3v) is 5.30. The summed E-state index contributed by atoms with van der Waals surface area (Å²) in [5.74, 6) is 0.636. The Labute approximate surface area is 148 Å². The lowest BCUT2D eigenvalue weighted by atomic mass is 9.78. The van der Waals surface area contributed by atoms with Crippen LogP contribution in [0.5, 0.6) is 5.75 Å². The summed E-state index contributed by atoms with van der Waals surface area (Å²) in [7, 11) is 3.27. The van der Waals surface area contributed by atoms with E-state index in [4.69, 9.17) is 4.74 Å². The number of amides is 2. The molecule has 0 aromatic heterocycles. The highest BCUT2D eigenvalue weighted by atomic mass is 16.5. The van der Waals surface area contributed by atoms with Crippen LogP contribution in [-0.2, 0) is 15.0 Å². The summed E-state index contributed by atoms with van der Waals surface area (Å²) in [5, 5.41) is 8.41. The average molecular weight is 343 g/mol. The van der Waals surface area contributed by atoms with Crippen molar-refractivity contribution in [2.24, 2.45) is 5.10 Å². The van der Waals surface area contributed by atoms with Crippen molar-refractivity contribution >= 4 is 17.5 Å². The number of ether oxygens (including phenoxy) is 1. The Kier molecular flexibility index (Phi) is 5.06. The summed E-state index contributed by atoms with van der Waals surface area (Å²) in [5.41, 5.74) is 1.49. The maximum absolute atomic E-state index is 12.5. The Hall–Kier alpha value is -2.37. The van der Waals surface area contributed by atoms with Crippen LogP contribution in [0.15, 0.2) is 29.4 Å². The maximum Gasteiger partial charge on any atom is 0.267 e. The van der Waals surface area contributed by atoms with E-state index in [2.05, 4.69) is 16.5 Å². The van der Waals surface area contributed by atoms with Crippen LogP contribution in [0.1, 0.15) is 44.1 Å². The van der Waals surface area contributed by atoms with E-state index >= 15 is 0 Å². The highest BCUT2D eigenvalue weighted by Crippen LogP contribution is 2.44. The number of hydrogen-bond acceptors (Lipinski definition) is 4. The first-order chi connectivity index (χ1) is 12.1.